The number of nitrogens with zero attached hydrogens (tertiary/aromatic N) is 1. The number of nitrogens with one attached hydrogen (secondary N) is 1. The lowest BCUT2D eigenvalue weighted by Gasteiger charge is -2.26. The molecule has 1 heterocycles. The van der Waals surface area contributed by atoms with Gasteiger partial charge in [-0.05, 0) is 17.7 Å². The van der Waals surface area contributed by atoms with E-state index in [9.17, 15) is 4.79 Å². The van der Waals surface area contributed by atoms with Crippen LogP contribution < -0.4 is 15.2 Å². The number of methoxy groups -OCH3 is 1. The number of rotatable bonds is 3. The van der Waals surface area contributed by atoms with E-state index in [1.807, 2.05) is 59.6 Å². The highest BCUT2D eigenvalue weighted by Gasteiger charge is 2.31. The molecule has 102 valence electrons. The summed E-state index contributed by atoms with van der Waals surface area (Å²) in [5.41, 5.74) is 4.95. The van der Waals surface area contributed by atoms with Crippen molar-refractivity contribution in [3.63, 3.8) is 0 Å². The number of carbonyl (C=O) groups excluding carboxylic acids is 1. The summed E-state index contributed by atoms with van der Waals surface area (Å²) in [6, 6.07) is 17.7. The number of benzene rings is 2. The highest BCUT2D eigenvalue weighted by molar-refractivity contribution is 5.83. The molecule has 1 aliphatic rings. The quantitative estimate of drug-likeness (QED) is 0.930. The van der Waals surface area contributed by atoms with Crippen LogP contribution in [0, 0.1) is 0 Å². The number of amides is 1. The van der Waals surface area contributed by atoms with Crippen LogP contribution in [0.25, 0.3) is 0 Å². The first-order valence-electron chi connectivity index (χ1n) is 6.55. The lowest BCUT2D eigenvalue weighted by Crippen LogP contribution is -2.34. The maximum atomic E-state index is 11.8. The van der Waals surface area contributed by atoms with Gasteiger partial charge in [0.2, 0.25) is 5.91 Å². The van der Waals surface area contributed by atoms with Gasteiger partial charge < -0.3 is 4.74 Å². The normalized spacial score (nSPS) is 17.9. The van der Waals surface area contributed by atoms with Crippen molar-refractivity contribution in [2.45, 2.75) is 12.5 Å². The number of hydrogen-bond acceptors (Lipinski definition) is 3. The second-order valence-corrected chi connectivity index (χ2v) is 4.74. The fourth-order valence-electron chi connectivity index (χ4n) is 2.47. The molecule has 1 amide bonds. The van der Waals surface area contributed by atoms with Gasteiger partial charge in [-0.3, -0.25) is 15.2 Å². The molecule has 1 unspecified atom stereocenters. The van der Waals surface area contributed by atoms with Gasteiger partial charge in [-0.15, -0.1) is 0 Å². The van der Waals surface area contributed by atoms with Crippen LogP contribution in [-0.2, 0) is 4.79 Å². The third-order valence-electron chi connectivity index (χ3n) is 3.45. The predicted octanol–water partition coefficient (Wildman–Crippen LogP) is 2.68. The molecular weight excluding hydrogens is 252 g/mol. The highest BCUT2D eigenvalue weighted by atomic mass is 16.5. The molecule has 2 aromatic rings. The summed E-state index contributed by atoms with van der Waals surface area (Å²) in [4.78, 5) is 11.8. The Hall–Kier alpha value is -2.49. The minimum Gasteiger partial charge on any atom is -0.497 e. The van der Waals surface area contributed by atoms with E-state index >= 15 is 0 Å². The first-order valence-corrected chi connectivity index (χ1v) is 6.55. The molecular formula is C16H16N2O2. The predicted molar refractivity (Wildman–Crippen MR) is 77.4 cm³/mol. The van der Waals surface area contributed by atoms with Gasteiger partial charge in [0.05, 0.1) is 25.3 Å². The van der Waals surface area contributed by atoms with E-state index in [1.54, 1.807) is 7.11 Å². The molecule has 0 aromatic heterocycles. The first kappa shape index (κ1) is 12.5. The highest BCUT2D eigenvalue weighted by Crippen LogP contribution is 2.33. The van der Waals surface area contributed by atoms with E-state index in [1.165, 1.54) is 0 Å². The number of anilines is 1. The molecule has 3 rings (SSSR count). The van der Waals surface area contributed by atoms with E-state index in [4.69, 9.17) is 4.74 Å². The lowest BCUT2D eigenvalue weighted by atomic mass is 10.0. The topological polar surface area (TPSA) is 41.6 Å². The fraction of sp³-hybridized carbons (Fsp3) is 0.188. The molecule has 0 radical (unpaired) electrons. The van der Waals surface area contributed by atoms with Crippen LogP contribution in [0.1, 0.15) is 18.0 Å². The maximum absolute atomic E-state index is 11.8. The van der Waals surface area contributed by atoms with Crippen molar-refractivity contribution in [3.05, 3.63) is 60.2 Å². The van der Waals surface area contributed by atoms with Crippen LogP contribution in [0.3, 0.4) is 0 Å². The molecule has 0 bridgehead atoms. The zero-order valence-electron chi connectivity index (χ0n) is 11.2. The minimum atomic E-state index is 0.0100. The molecule has 0 spiro atoms. The van der Waals surface area contributed by atoms with Crippen molar-refractivity contribution < 1.29 is 9.53 Å². The Kier molecular flexibility index (Phi) is 3.29. The van der Waals surface area contributed by atoms with Gasteiger partial charge in [-0.2, -0.15) is 0 Å². The van der Waals surface area contributed by atoms with Gasteiger partial charge in [-0.25, -0.2) is 0 Å². The van der Waals surface area contributed by atoms with Crippen molar-refractivity contribution in [1.82, 2.24) is 5.43 Å². The van der Waals surface area contributed by atoms with E-state index in [-0.39, 0.29) is 11.9 Å². The van der Waals surface area contributed by atoms with E-state index in [0.29, 0.717) is 6.42 Å². The van der Waals surface area contributed by atoms with Crippen LogP contribution in [0.4, 0.5) is 5.69 Å². The Bertz CT molecular complexity index is 613. The number of carbonyl (C=O) groups is 1. The van der Waals surface area contributed by atoms with Crippen molar-refractivity contribution in [3.8, 4) is 5.75 Å². The largest absolute Gasteiger partial charge is 0.497 e. The maximum Gasteiger partial charge on any atom is 0.241 e. The molecule has 1 aliphatic heterocycles. The van der Waals surface area contributed by atoms with E-state index < -0.39 is 0 Å². The summed E-state index contributed by atoms with van der Waals surface area (Å²) < 4.78 is 5.24. The SMILES string of the molecule is COc1cccc(N2NC(=O)CC2c2ccccc2)c1. The van der Waals surface area contributed by atoms with Gasteiger partial charge >= 0.3 is 0 Å². The van der Waals surface area contributed by atoms with Crippen LogP contribution >= 0.6 is 0 Å². The zero-order valence-corrected chi connectivity index (χ0v) is 11.2. The molecule has 20 heavy (non-hydrogen) atoms. The molecule has 0 saturated carbocycles. The Balaban J connectivity index is 1.96. The van der Waals surface area contributed by atoms with Gasteiger partial charge in [0.25, 0.3) is 0 Å². The second kappa shape index (κ2) is 5.25. The molecule has 4 nitrogen and oxygen atoms in total. The van der Waals surface area contributed by atoms with Crippen molar-refractivity contribution >= 4 is 11.6 Å². The van der Waals surface area contributed by atoms with Crippen molar-refractivity contribution in [2.75, 3.05) is 12.1 Å². The molecule has 4 heteroatoms. The van der Waals surface area contributed by atoms with Crippen LogP contribution in [0.2, 0.25) is 0 Å². The Morgan fingerprint density at radius 3 is 2.70 bits per heavy atom. The third-order valence-corrected chi connectivity index (χ3v) is 3.45. The van der Waals surface area contributed by atoms with Crippen LogP contribution in [0.5, 0.6) is 5.75 Å². The van der Waals surface area contributed by atoms with Gasteiger partial charge in [-0.1, -0.05) is 36.4 Å². The first-order chi connectivity index (χ1) is 9.78. The summed E-state index contributed by atoms with van der Waals surface area (Å²) >= 11 is 0. The summed E-state index contributed by atoms with van der Waals surface area (Å²) in [6.07, 6.45) is 0.460. The molecule has 0 aliphatic carbocycles. The Morgan fingerprint density at radius 2 is 1.95 bits per heavy atom. The Morgan fingerprint density at radius 1 is 1.15 bits per heavy atom. The molecule has 1 fully saturated rings. The van der Waals surface area contributed by atoms with Crippen LogP contribution in [-0.4, -0.2) is 13.0 Å². The number of ether oxygens (including phenoxy) is 1. The summed E-state index contributed by atoms with van der Waals surface area (Å²) in [5, 5.41) is 1.90. The Labute approximate surface area is 117 Å². The molecule has 1 saturated heterocycles. The number of hydrogen-bond donors (Lipinski definition) is 1. The smallest absolute Gasteiger partial charge is 0.241 e. The minimum absolute atomic E-state index is 0.0100. The zero-order chi connectivity index (χ0) is 13.9. The summed E-state index contributed by atoms with van der Waals surface area (Å²) in [5.74, 6) is 0.803. The van der Waals surface area contributed by atoms with E-state index in [0.717, 1.165) is 17.0 Å². The summed E-state index contributed by atoms with van der Waals surface area (Å²) in [6.45, 7) is 0. The monoisotopic (exact) mass is 268 g/mol. The van der Waals surface area contributed by atoms with Gasteiger partial charge in [0, 0.05) is 6.07 Å². The lowest BCUT2D eigenvalue weighted by molar-refractivity contribution is -0.119. The van der Waals surface area contributed by atoms with Gasteiger partial charge in [0.1, 0.15) is 5.75 Å². The molecule has 1 N–H and O–H groups in total. The molecule has 2 aromatic carbocycles. The molecule has 1 atom stereocenters. The average Bonchev–Trinajstić information content (AvgIpc) is 2.90. The number of hydrazine groups is 1. The third kappa shape index (κ3) is 2.32. The van der Waals surface area contributed by atoms with Crippen molar-refractivity contribution in [2.24, 2.45) is 0 Å². The van der Waals surface area contributed by atoms with Gasteiger partial charge in [0.15, 0.2) is 0 Å². The van der Waals surface area contributed by atoms with Crippen LogP contribution in [0.15, 0.2) is 54.6 Å². The average molecular weight is 268 g/mol. The fourth-order valence-corrected chi connectivity index (χ4v) is 2.47. The summed E-state index contributed by atoms with van der Waals surface area (Å²) in [7, 11) is 1.64. The van der Waals surface area contributed by atoms with Crippen molar-refractivity contribution in [1.29, 1.82) is 0 Å². The van der Waals surface area contributed by atoms with E-state index in [2.05, 4.69) is 5.43 Å². The second-order valence-electron chi connectivity index (χ2n) is 4.74. The standard InChI is InChI=1S/C16H16N2O2/c1-20-14-9-5-8-13(10-14)18-15(11-16(19)17-18)12-6-3-2-4-7-12/h2-10,15H,11H2,1H3,(H,17,19).